The number of aliphatic carboxylic acids is 1. The summed E-state index contributed by atoms with van der Waals surface area (Å²) in [7, 11) is 0. The minimum atomic E-state index is -1.20. The molecule has 5 nitrogen and oxygen atoms in total. The van der Waals surface area contributed by atoms with Gasteiger partial charge in [-0.3, -0.25) is 0 Å². The van der Waals surface area contributed by atoms with E-state index in [4.69, 9.17) is 5.11 Å². The molecule has 0 unspecified atom stereocenters. The molecule has 1 aromatic rings. The Labute approximate surface area is 141 Å². The topological polar surface area (TPSA) is 85.1 Å². The average molecular weight is 256 g/mol. The Morgan fingerprint density at radius 2 is 1.88 bits per heavy atom. The Balaban J connectivity index is 0.00000256. The maximum Gasteiger partial charge on any atom is 1.00 e. The van der Waals surface area contributed by atoms with Crippen LogP contribution in [-0.2, 0) is 4.79 Å². The molecular formula is C11H9KN2O3. The van der Waals surface area contributed by atoms with Crippen molar-refractivity contribution in [1.29, 1.82) is 0 Å². The van der Waals surface area contributed by atoms with E-state index in [1.165, 1.54) is 6.21 Å². The van der Waals surface area contributed by atoms with Crippen LogP contribution in [0.4, 0.5) is 0 Å². The fourth-order valence-corrected chi connectivity index (χ4v) is 0.867. The minimum absolute atomic E-state index is 0. The SMILES string of the molecule is O=C(O)\C=C/C([O-])=N\N=C/c1ccccc1.[K+]. The molecule has 6 heteroatoms. The van der Waals surface area contributed by atoms with Gasteiger partial charge in [0, 0.05) is 12.0 Å². The van der Waals surface area contributed by atoms with Crippen molar-refractivity contribution in [2.24, 2.45) is 10.2 Å². The van der Waals surface area contributed by atoms with Crippen LogP contribution in [0.15, 0.2) is 52.7 Å². The van der Waals surface area contributed by atoms with Gasteiger partial charge >= 0.3 is 57.4 Å². The van der Waals surface area contributed by atoms with Crippen LogP contribution in [0.3, 0.4) is 0 Å². The van der Waals surface area contributed by atoms with E-state index < -0.39 is 11.9 Å². The van der Waals surface area contributed by atoms with Crippen LogP contribution in [0.2, 0.25) is 0 Å². The molecule has 0 aromatic heterocycles. The van der Waals surface area contributed by atoms with Crippen LogP contribution < -0.4 is 56.5 Å². The van der Waals surface area contributed by atoms with Gasteiger partial charge in [-0.25, -0.2) is 4.79 Å². The Morgan fingerprint density at radius 3 is 2.47 bits per heavy atom. The monoisotopic (exact) mass is 256 g/mol. The van der Waals surface area contributed by atoms with Crippen LogP contribution in [0, 0.1) is 0 Å². The standard InChI is InChI=1S/C11H10N2O3.K/c14-10(6-7-11(15)16)13-12-8-9-4-2-1-3-5-9;/h1-8H,(H,13,14)(H,15,16);/q;+1/p-1/b7-6-,12-8-;. The summed E-state index contributed by atoms with van der Waals surface area (Å²) in [6.45, 7) is 0. The molecule has 0 saturated heterocycles. The van der Waals surface area contributed by atoms with Crippen LogP contribution in [-0.4, -0.2) is 23.2 Å². The van der Waals surface area contributed by atoms with E-state index in [-0.39, 0.29) is 51.4 Å². The maximum atomic E-state index is 10.9. The summed E-state index contributed by atoms with van der Waals surface area (Å²) in [6, 6.07) is 9.11. The summed E-state index contributed by atoms with van der Waals surface area (Å²) in [6.07, 6.45) is 2.96. The van der Waals surface area contributed by atoms with Gasteiger partial charge < -0.3 is 10.2 Å². The molecule has 82 valence electrons. The predicted molar refractivity (Wildman–Crippen MR) is 58.2 cm³/mol. The summed E-state index contributed by atoms with van der Waals surface area (Å²) in [5.41, 5.74) is 0.807. The third-order valence-corrected chi connectivity index (χ3v) is 1.53. The first kappa shape index (κ1) is 16.2. The quantitative estimate of drug-likeness (QED) is 0.211. The van der Waals surface area contributed by atoms with Crippen LogP contribution in [0.5, 0.6) is 0 Å². The second-order valence-corrected chi connectivity index (χ2v) is 2.77. The van der Waals surface area contributed by atoms with E-state index in [1.807, 2.05) is 18.2 Å². The molecule has 0 amide bonds. The molecule has 1 N–H and O–H groups in total. The molecule has 0 spiro atoms. The number of hydrogen-bond acceptors (Lipinski definition) is 4. The van der Waals surface area contributed by atoms with Gasteiger partial charge in [-0.2, -0.15) is 10.2 Å². The van der Waals surface area contributed by atoms with Gasteiger partial charge in [0.25, 0.3) is 0 Å². The van der Waals surface area contributed by atoms with Gasteiger partial charge in [0.1, 0.15) is 0 Å². The van der Waals surface area contributed by atoms with Crippen molar-refractivity contribution in [3.63, 3.8) is 0 Å². The number of rotatable bonds is 4. The zero-order valence-electron chi connectivity index (χ0n) is 9.28. The number of carbonyl (C=O) groups is 1. The van der Waals surface area contributed by atoms with Crippen LogP contribution in [0.25, 0.3) is 0 Å². The van der Waals surface area contributed by atoms with Gasteiger partial charge in [-0.05, 0) is 11.6 Å². The average Bonchev–Trinajstić information content (AvgIpc) is 2.28. The summed E-state index contributed by atoms with van der Waals surface area (Å²) in [5, 5.41) is 26.0. The molecule has 0 bridgehead atoms. The number of hydrogen-bond donors (Lipinski definition) is 1. The molecule has 0 saturated carbocycles. The van der Waals surface area contributed by atoms with Gasteiger partial charge in [-0.1, -0.05) is 30.3 Å². The fourth-order valence-electron chi connectivity index (χ4n) is 0.867. The van der Waals surface area contributed by atoms with Crippen LogP contribution >= 0.6 is 0 Å². The fraction of sp³-hybridized carbons (Fsp3) is 0. The summed E-state index contributed by atoms with van der Waals surface area (Å²) < 4.78 is 0. The maximum absolute atomic E-state index is 10.9. The molecule has 0 aliphatic carbocycles. The first-order valence-electron chi connectivity index (χ1n) is 4.42. The molecule has 0 fully saturated rings. The summed E-state index contributed by atoms with van der Waals surface area (Å²) in [5.74, 6) is -1.91. The first-order chi connectivity index (χ1) is 7.68. The van der Waals surface area contributed by atoms with Crippen molar-refractivity contribution in [3.8, 4) is 0 Å². The third-order valence-electron chi connectivity index (χ3n) is 1.53. The second-order valence-electron chi connectivity index (χ2n) is 2.77. The molecule has 0 atom stereocenters. The molecule has 0 heterocycles. The van der Waals surface area contributed by atoms with Crippen LogP contribution in [0.1, 0.15) is 5.56 Å². The third kappa shape index (κ3) is 8.00. The minimum Gasteiger partial charge on any atom is -0.857 e. The summed E-state index contributed by atoms with van der Waals surface area (Å²) >= 11 is 0. The van der Waals surface area contributed by atoms with E-state index in [0.717, 1.165) is 11.6 Å². The Kier molecular flexibility index (Phi) is 8.83. The van der Waals surface area contributed by atoms with E-state index in [1.54, 1.807) is 12.1 Å². The molecule has 0 aliphatic rings. The molecule has 17 heavy (non-hydrogen) atoms. The van der Waals surface area contributed by atoms with Gasteiger partial charge in [-0.15, -0.1) is 0 Å². The molecule has 0 radical (unpaired) electrons. The zero-order chi connectivity index (χ0) is 11.8. The number of nitrogens with zero attached hydrogens (tertiary/aromatic N) is 2. The van der Waals surface area contributed by atoms with Gasteiger partial charge in [0.2, 0.25) is 0 Å². The largest absolute Gasteiger partial charge is 1.00 e. The molecule has 1 rings (SSSR count). The predicted octanol–water partition coefficient (Wildman–Crippen LogP) is -2.58. The number of carboxylic acid groups (broad SMARTS) is 1. The first-order valence-corrected chi connectivity index (χ1v) is 4.42. The van der Waals surface area contributed by atoms with Crippen molar-refractivity contribution in [1.82, 2.24) is 0 Å². The Morgan fingerprint density at radius 1 is 1.24 bits per heavy atom. The van der Waals surface area contributed by atoms with Gasteiger partial charge in [0.15, 0.2) is 0 Å². The second kappa shape index (κ2) is 9.26. The number of carboxylic acids is 1. The Bertz CT molecular complexity index is 441. The summed E-state index contributed by atoms with van der Waals surface area (Å²) in [4.78, 5) is 10.1. The van der Waals surface area contributed by atoms with Crippen molar-refractivity contribution < 1.29 is 66.4 Å². The molecule has 0 aliphatic heterocycles. The zero-order valence-corrected chi connectivity index (χ0v) is 12.4. The van der Waals surface area contributed by atoms with Gasteiger partial charge in [0.05, 0.1) is 6.21 Å². The van der Waals surface area contributed by atoms with Crippen molar-refractivity contribution in [2.45, 2.75) is 0 Å². The normalized spacial score (nSPS) is 11.6. The number of benzene rings is 1. The smallest absolute Gasteiger partial charge is 0.857 e. The van der Waals surface area contributed by atoms with E-state index in [9.17, 15) is 9.90 Å². The van der Waals surface area contributed by atoms with Crippen molar-refractivity contribution in [2.75, 3.05) is 0 Å². The van der Waals surface area contributed by atoms with E-state index in [2.05, 4.69) is 10.2 Å². The van der Waals surface area contributed by atoms with Crippen molar-refractivity contribution >= 4 is 18.1 Å². The van der Waals surface area contributed by atoms with E-state index >= 15 is 0 Å². The van der Waals surface area contributed by atoms with E-state index in [0.29, 0.717) is 6.08 Å². The van der Waals surface area contributed by atoms with Crippen molar-refractivity contribution in [3.05, 3.63) is 48.0 Å². The molecule has 1 aromatic carbocycles. The Hall–Kier alpha value is -0.794. The molecular weight excluding hydrogens is 247 g/mol.